The van der Waals surface area contributed by atoms with Crippen LogP contribution in [-0.4, -0.2) is 5.51 Å². The van der Waals surface area contributed by atoms with E-state index >= 15 is 0 Å². The third-order valence-electron chi connectivity index (χ3n) is 1.42. The van der Waals surface area contributed by atoms with Crippen LogP contribution in [0, 0.1) is 6.57 Å². The maximum Gasteiger partial charge on any atom is 0.446 e. The van der Waals surface area contributed by atoms with Crippen LogP contribution >= 0.6 is 11.8 Å². The van der Waals surface area contributed by atoms with Gasteiger partial charge in [-0.25, -0.2) is 6.57 Å². The summed E-state index contributed by atoms with van der Waals surface area (Å²) in [5, 5.41) is 0. The summed E-state index contributed by atoms with van der Waals surface area (Å²) in [6.07, 6.45) is 0. The topological polar surface area (TPSA) is 4.36 Å². The maximum absolute atomic E-state index is 11.9. The van der Waals surface area contributed by atoms with E-state index in [1.165, 1.54) is 24.3 Å². The van der Waals surface area contributed by atoms with Crippen LogP contribution in [0.2, 0.25) is 0 Å². The summed E-state index contributed by atoms with van der Waals surface area (Å²) in [4.78, 5) is 3.28. The molecular formula is C9H6F3NS. The third-order valence-corrected chi connectivity index (χ3v) is 2.16. The largest absolute Gasteiger partial charge is 0.446 e. The summed E-state index contributed by atoms with van der Waals surface area (Å²) in [5.74, 6) is 0. The molecule has 0 atom stereocenters. The van der Waals surface area contributed by atoms with Gasteiger partial charge < -0.3 is 4.85 Å². The van der Waals surface area contributed by atoms with Crippen molar-refractivity contribution in [1.29, 1.82) is 0 Å². The van der Waals surface area contributed by atoms with Crippen LogP contribution in [0.4, 0.5) is 13.2 Å². The summed E-state index contributed by atoms with van der Waals surface area (Å²) >= 11 is -0.150. The van der Waals surface area contributed by atoms with E-state index in [4.69, 9.17) is 6.57 Å². The van der Waals surface area contributed by atoms with Crippen molar-refractivity contribution in [3.63, 3.8) is 0 Å². The highest BCUT2D eigenvalue weighted by Gasteiger charge is 2.28. The third kappa shape index (κ3) is 3.71. The number of alkyl halides is 3. The van der Waals surface area contributed by atoms with Crippen molar-refractivity contribution in [2.75, 3.05) is 0 Å². The monoisotopic (exact) mass is 217 g/mol. The summed E-state index contributed by atoms with van der Waals surface area (Å²) < 4.78 is 35.7. The van der Waals surface area contributed by atoms with Gasteiger partial charge in [-0.3, -0.25) is 0 Å². The van der Waals surface area contributed by atoms with Gasteiger partial charge >= 0.3 is 5.51 Å². The number of nitrogens with zero attached hydrogens (tertiary/aromatic N) is 1. The molecule has 0 spiro atoms. The zero-order valence-corrected chi connectivity index (χ0v) is 7.82. The van der Waals surface area contributed by atoms with Crippen molar-refractivity contribution < 1.29 is 13.2 Å². The van der Waals surface area contributed by atoms with Gasteiger partial charge in [0.05, 0.1) is 0 Å². The van der Waals surface area contributed by atoms with Gasteiger partial charge in [0.25, 0.3) is 0 Å². The van der Waals surface area contributed by atoms with Gasteiger partial charge in [0, 0.05) is 10.5 Å². The quantitative estimate of drug-likeness (QED) is 0.539. The normalized spacial score (nSPS) is 11.0. The highest BCUT2D eigenvalue weighted by molar-refractivity contribution is 8.00. The van der Waals surface area contributed by atoms with Gasteiger partial charge in [0.15, 0.2) is 0 Å². The predicted molar refractivity (Wildman–Crippen MR) is 48.7 cm³/mol. The molecule has 1 rings (SSSR count). The van der Waals surface area contributed by atoms with Crippen molar-refractivity contribution in [2.24, 2.45) is 0 Å². The molecule has 0 saturated carbocycles. The summed E-state index contributed by atoms with van der Waals surface area (Å²) in [6.45, 7) is 6.78. The lowest BCUT2D eigenvalue weighted by Gasteiger charge is -2.04. The molecule has 5 heteroatoms. The molecule has 0 radical (unpaired) electrons. The Morgan fingerprint density at radius 2 is 1.79 bits per heavy atom. The Balaban J connectivity index is 2.70. The second-order valence-corrected chi connectivity index (χ2v) is 3.65. The van der Waals surface area contributed by atoms with Crippen LogP contribution in [0.3, 0.4) is 0 Å². The summed E-state index contributed by atoms with van der Waals surface area (Å²) in [5.41, 5.74) is -3.52. The molecule has 0 N–H and O–H groups in total. The molecule has 0 aromatic heterocycles. The van der Waals surface area contributed by atoms with Crippen LogP contribution in [0.5, 0.6) is 0 Å². The molecule has 14 heavy (non-hydrogen) atoms. The molecule has 0 saturated heterocycles. The smallest absolute Gasteiger partial charge is 0.312 e. The first-order valence-corrected chi connectivity index (χ1v) is 4.51. The lowest BCUT2D eigenvalue weighted by Crippen LogP contribution is -1.98. The van der Waals surface area contributed by atoms with E-state index in [9.17, 15) is 13.2 Å². The molecule has 0 aliphatic heterocycles. The van der Waals surface area contributed by atoms with E-state index in [-0.39, 0.29) is 23.2 Å². The Kier molecular flexibility index (Phi) is 3.42. The standard InChI is InChI=1S/C9H6F3NS/c1-13-6-7-2-4-8(5-3-7)14-9(10,11)12/h2-5H,6H2. The molecule has 0 unspecified atom stereocenters. The Morgan fingerprint density at radius 1 is 1.21 bits per heavy atom. The number of benzene rings is 1. The van der Waals surface area contributed by atoms with Crippen LogP contribution in [0.15, 0.2) is 29.2 Å². The Morgan fingerprint density at radius 3 is 2.21 bits per heavy atom. The van der Waals surface area contributed by atoms with E-state index < -0.39 is 5.51 Å². The number of rotatable bonds is 2. The molecule has 74 valence electrons. The molecule has 1 nitrogen and oxygen atoms in total. The van der Waals surface area contributed by atoms with Gasteiger partial charge in [0.2, 0.25) is 6.54 Å². The van der Waals surface area contributed by atoms with E-state index in [0.29, 0.717) is 0 Å². The van der Waals surface area contributed by atoms with Crippen LogP contribution in [-0.2, 0) is 6.54 Å². The average molecular weight is 217 g/mol. The van der Waals surface area contributed by atoms with Gasteiger partial charge in [-0.15, -0.1) is 0 Å². The summed E-state index contributed by atoms with van der Waals surface area (Å²) in [7, 11) is 0. The first-order chi connectivity index (χ1) is 6.51. The lowest BCUT2D eigenvalue weighted by atomic mass is 10.2. The lowest BCUT2D eigenvalue weighted by molar-refractivity contribution is -0.0328. The minimum atomic E-state index is -4.25. The molecule has 0 bridgehead atoms. The minimum Gasteiger partial charge on any atom is -0.312 e. The fourth-order valence-electron chi connectivity index (χ4n) is 0.888. The second kappa shape index (κ2) is 4.38. The van der Waals surface area contributed by atoms with Crippen molar-refractivity contribution in [2.45, 2.75) is 16.9 Å². The van der Waals surface area contributed by atoms with Crippen LogP contribution < -0.4 is 0 Å². The molecule has 1 aromatic rings. The van der Waals surface area contributed by atoms with E-state index in [1.807, 2.05) is 0 Å². The molecule has 0 heterocycles. The van der Waals surface area contributed by atoms with Gasteiger partial charge in [-0.05, 0) is 23.9 Å². The van der Waals surface area contributed by atoms with Crippen molar-refractivity contribution in [3.8, 4) is 0 Å². The molecule has 0 aliphatic carbocycles. The Hall–Kier alpha value is -1.15. The van der Waals surface area contributed by atoms with Crippen LogP contribution in [0.25, 0.3) is 4.85 Å². The SMILES string of the molecule is [C-]#[N+]Cc1ccc(SC(F)(F)F)cc1. The summed E-state index contributed by atoms with van der Waals surface area (Å²) in [6, 6.07) is 5.82. The molecule has 1 aromatic carbocycles. The highest BCUT2D eigenvalue weighted by Crippen LogP contribution is 2.36. The van der Waals surface area contributed by atoms with E-state index in [0.717, 1.165) is 5.56 Å². The zero-order valence-electron chi connectivity index (χ0n) is 7.01. The molecule has 0 aliphatic rings. The first-order valence-electron chi connectivity index (χ1n) is 3.69. The molecular weight excluding hydrogens is 211 g/mol. The maximum atomic E-state index is 11.9. The fourth-order valence-corrected chi connectivity index (χ4v) is 1.43. The van der Waals surface area contributed by atoms with Gasteiger partial charge in [-0.2, -0.15) is 13.2 Å². The number of halogens is 3. The number of thioether (sulfide) groups is 1. The fraction of sp³-hybridized carbons (Fsp3) is 0.222. The minimum absolute atomic E-state index is 0.145. The Labute approximate surface area is 83.7 Å². The molecule has 0 fully saturated rings. The average Bonchev–Trinajstić information content (AvgIpc) is 2.06. The second-order valence-electron chi connectivity index (χ2n) is 2.51. The molecule has 0 amide bonds. The van der Waals surface area contributed by atoms with Gasteiger partial charge in [-0.1, -0.05) is 12.1 Å². The number of hydrogen-bond acceptors (Lipinski definition) is 1. The Bertz CT molecular complexity index is 337. The van der Waals surface area contributed by atoms with Crippen molar-refractivity contribution in [1.82, 2.24) is 0 Å². The van der Waals surface area contributed by atoms with Crippen molar-refractivity contribution >= 4 is 11.8 Å². The first kappa shape index (κ1) is 10.9. The predicted octanol–water partition coefficient (Wildman–Crippen LogP) is 3.72. The van der Waals surface area contributed by atoms with E-state index in [1.54, 1.807) is 0 Å². The highest BCUT2D eigenvalue weighted by atomic mass is 32.2. The van der Waals surface area contributed by atoms with Crippen LogP contribution in [0.1, 0.15) is 5.56 Å². The van der Waals surface area contributed by atoms with Gasteiger partial charge in [0.1, 0.15) is 0 Å². The van der Waals surface area contributed by atoms with E-state index in [2.05, 4.69) is 4.85 Å². The number of hydrogen-bond donors (Lipinski definition) is 0. The zero-order chi connectivity index (χ0) is 10.6. The van der Waals surface area contributed by atoms with Crippen molar-refractivity contribution in [3.05, 3.63) is 41.2 Å².